The molecule has 0 aromatic carbocycles. The first-order valence-electron chi connectivity index (χ1n) is 3.34. The van der Waals surface area contributed by atoms with E-state index >= 15 is 0 Å². The molecule has 66 valence electrons. The summed E-state index contributed by atoms with van der Waals surface area (Å²) in [5.41, 5.74) is 6.28. The summed E-state index contributed by atoms with van der Waals surface area (Å²) in [6, 6.07) is -0.574. The number of hydrogen-bond acceptors (Lipinski definition) is 3. The van der Waals surface area contributed by atoms with E-state index in [2.05, 4.69) is 22.6 Å². The number of carbonyl (C=O) groups is 1. The molecule has 0 unspecified atom stereocenters. The van der Waals surface area contributed by atoms with E-state index in [1.54, 1.807) is 6.20 Å². The lowest BCUT2D eigenvalue weighted by Crippen LogP contribution is -2.29. The van der Waals surface area contributed by atoms with Crippen LogP contribution in [0.4, 0.5) is 0 Å². The average molecular weight is 203 g/mol. The first kappa shape index (κ1) is 9.50. The molecule has 0 saturated heterocycles. The summed E-state index contributed by atoms with van der Waals surface area (Å²) in [7, 11) is 0. The van der Waals surface area contributed by atoms with Gasteiger partial charge >= 0.3 is 0 Å². The van der Waals surface area contributed by atoms with E-state index in [0.717, 1.165) is 5.69 Å². The van der Waals surface area contributed by atoms with Crippen LogP contribution >= 0.6 is 24.8 Å². The summed E-state index contributed by atoms with van der Waals surface area (Å²) in [6.07, 6.45) is 2.12. The fraction of sp³-hybridized carbons (Fsp3) is 0.333. The number of rotatable bonds is 3. The van der Waals surface area contributed by atoms with Crippen LogP contribution in [0.1, 0.15) is 5.69 Å². The van der Waals surface area contributed by atoms with Crippen molar-refractivity contribution in [3.05, 3.63) is 16.7 Å². The lowest BCUT2D eigenvalue weighted by atomic mass is 10.2. The quantitative estimate of drug-likeness (QED) is 0.424. The fourth-order valence-corrected chi connectivity index (χ4v) is 1.09. The summed E-state index contributed by atoms with van der Waals surface area (Å²) < 4.78 is 0.531. The predicted octanol–water partition coefficient (Wildman–Crippen LogP) is 0.398. The zero-order valence-electron chi connectivity index (χ0n) is 6.20. The number of aromatic amines is 2. The molecule has 1 aromatic rings. The number of carbonyl (C=O) groups excluding carboxylic acids is 1. The molecule has 0 aliphatic heterocycles. The van der Waals surface area contributed by atoms with Crippen molar-refractivity contribution in [1.29, 1.82) is 0 Å². The van der Waals surface area contributed by atoms with Crippen LogP contribution in [0.3, 0.4) is 0 Å². The molecule has 0 spiro atoms. The van der Waals surface area contributed by atoms with Gasteiger partial charge in [0.05, 0.1) is 6.04 Å². The lowest BCUT2D eigenvalue weighted by molar-refractivity contribution is -0.111. The standard InChI is InChI=1S/C6H9N3OS2/c7-4(5(10)11)1-3-2-8-6(12)9-3/h2,4H,1,7H2,(H,10,11)(H2,8,9,12)/t4-/m0/s1. The molecular weight excluding hydrogens is 194 g/mol. The molecule has 6 heteroatoms. The number of thiol groups is 1. The Bertz CT molecular complexity index is 330. The van der Waals surface area contributed by atoms with Gasteiger partial charge in [0.25, 0.3) is 0 Å². The SMILES string of the molecule is N[C@@H](Cc1c[nH]c(=S)[nH]1)C(=O)S. The topological polar surface area (TPSA) is 74.7 Å². The highest BCUT2D eigenvalue weighted by Crippen LogP contribution is 1.99. The Kier molecular flexibility index (Phi) is 3.07. The van der Waals surface area contributed by atoms with Crippen molar-refractivity contribution >= 4 is 30.0 Å². The second-order valence-corrected chi connectivity index (χ2v) is 3.27. The van der Waals surface area contributed by atoms with E-state index in [0.29, 0.717) is 11.2 Å². The Balaban J connectivity index is 2.64. The van der Waals surface area contributed by atoms with E-state index in [1.165, 1.54) is 0 Å². The van der Waals surface area contributed by atoms with Crippen molar-refractivity contribution in [3.63, 3.8) is 0 Å². The first-order valence-corrected chi connectivity index (χ1v) is 4.20. The van der Waals surface area contributed by atoms with Gasteiger partial charge in [-0.1, -0.05) is 0 Å². The highest BCUT2D eigenvalue weighted by Gasteiger charge is 2.10. The van der Waals surface area contributed by atoms with E-state index in [9.17, 15) is 4.79 Å². The Morgan fingerprint density at radius 1 is 1.83 bits per heavy atom. The smallest absolute Gasteiger partial charge is 0.203 e. The van der Waals surface area contributed by atoms with E-state index in [1.807, 2.05) is 0 Å². The number of H-pyrrole nitrogens is 2. The van der Waals surface area contributed by atoms with Crippen LogP contribution in [-0.2, 0) is 11.2 Å². The van der Waals surface area contributed by atoms with Crippen LogP contribution in [-0.4, -0.2) is 21.1 Å². The molecular formula is C6H9N3OS2. The van der Waals surface area contributed by atoms with Gasteiger partial charge in [0, 0.05) is 18.3 Å². The molecule has 4 nitrogen and oxygen atoms in total. The number of nitrogens with two attached hydrogens (primary N) is 1. The van der Waals surface area contributed by atoms with Gasteiger partial charge in [0.1, 0.15) is 0 Å². The summed E-state index contributed by atoms with van der Waals surface area (Å²) in [5, 5.41) is -0.324. The molecule has 12 heavy (non-hydrogen) atoms. The number of nitrogens with one attached hydrogen (secondary N) is 2. The molecule has 1 rings (SSSR count). The van der Waals surface area contributed by atoms with Gasteiger partial charge in [-0.05, 0) is 12.2 Å². The molecule has 0 aliphatic carbocycles. The summed E-state index contributed by atoms with van der Waals surface area (Å²) >= 11 is 8.41. The molecule has 0 amide bonds. The third kappa shape index (κ3) is 2.47. The van der Waals surface area contributed by atoms with Gasteiger partial charge < -0.3 is 15.7 Å². The highest BCUT2D eigenvalue weighted by atomic mass is 32.1. The average Bonchev–Trinajstić information content (AvgIpc) is 2.35. The lowest BCUT2D eigenvalue weighted by Gasteiger charge is -2.03. The summed E-state index contributed by atoms with van der Waals surface area (Å²) in [6.45, 7) is 0. The van der Waals surface area contributed by atoms with Gasteiger partial charge in [-0.2, -0.15) is 0 Å². The van der Waals surface area contributed by atoms with Crippen molar-refractivity contribution in [2.24, 2.45) is 5.73 Å². The van der Waals surface area contributed by atoms with Crippen molar-refractivity contribution in [2.45, 2.75) is 12.5 Å². The monoisotopic (exact) mass is 203 g/mol. The van der Waals surface area contributed by atoms with Crippen molar-refractivity contribution < 1.29 is 4.79 Å². The summed E-state index contributed by atoms with van der Waals surface area (Å²) in [4.78, 5) is 16.3. The van der Waals surface area contributed by atoms with Crippen LogP contribution in [0.2, 0.25) is 0 Å². The number of aromatic nitrogens is 2. The van der Waals surface area contributed by atoms with Crippen molar-refractivity contribution in [2.75, 3.05) is 0 Å². The molecule has 0 fully saturated rings. The number of imidazole rings is 1. The van der Waals surface area contributed by atoms with E-state index < -0.39 is 6.04 Å². The molecule has 0 bridgehead atoms. The maximum Gasteiger partial charge on any atom is 0.203 e. The zero-order chi connectivity index (χ0) is 9.14. The Hall–Kier alpha value is -0.590. The minimum absolute atomic E-state index is 0.324. The second-order valence-electron chi connectivity index (χ2n) is 2.42. The number of hydrogen-bond donors (Lipinski definition) is 4. The Labute approximate surface area is 80.0 Å². The molecule has 0 saturated carbocycles. The Morgan fingerprint density at radius 2 is 2.50 bits per heavy atom. The highest BCUT2D eigenvalue weighted by molar-refractivity contribution is 7.96. The minimum Gasteiger partial charge on any atom is -0.337 e. The van der Waals surface area contributed by atoms with Gasteiger partial charge in [-0.15, -0.1) is 12.6 Å². The molecule has 0 radical (unpaired) electrons. The van der Waals surface area contributed by atoms with Crippen LogP contribution in [0, 0.1) is 4.77 Å². The van der Waals surface area contributed by atoms with Gasteiger partial charge in [0.15, 0.2) is 4.77 Å². The molecule has 1 heterocycles. The van der Waals surface area contributed by atoms with Crippen LogP contribution in [0.25, 0.3) is 0 Å². The molecule has 1 aromatic heterocycles. The zero-order valence-corrected chi connectivity index (χ0v) is 7.91. The van der Waals surface area contributed by atoms with E-state index in [-0.39, 0.29) is 5.12 Å². The maximum atomic E-state index is 10.6. The van der Waals surface area contributed by atoms with Gasteiger partial charge in [-0.25, -0.2) is 0 Å². The van der Waals surface area contributed by atoms with Crippen LogP contribution in [0.5, 0.6) is 0 Å². The van der Waals surface area contributed by atoms with Crippen LogP contribution in [0.15, 0.2) is 6.20 Å². The summed E-state index contributed by atoms with van der Waals surface area (Å²) in [5.74, 6) is 0. The third-order valence-electron chi connectivity index (χ3n) is 1.41. The maximum absolute atomic E-state index is 10.6. The first-order chi connectivity index (χ1) is 5.59. The van der Waals surface area contributed by atoms with Gasteiger partial charge in [-0.3, -0.25) is 4.79 Å². The predicted molar refractivity (Wildman–Crippen MR) is 51.6 cm³/mol. The molecule has 1 atom stereocenters. The largest absolute Gasteiger partial charge is 0.337 e. The molecule has 0 aliphatic rings. The minimum atomic E-state index is -0.574. The second kappa shape index (κ2) is 3.88. The van der Waals surface area contributed by atoms with Crippen molar-refractivity contribution in [1.82, 2.24) is 9.97 Å². The van der Waals surface area contributed by atoms with Gasteiger partial charge in [0.2, 0.25) is 5.12 Å². The van der Waals surface area contributed by atoms with Crippen LogP contribution < -0.4 is 5.73 Å². The van der Waals surface area contributed by atoms with Crippen molar-refractivity contribution in [3.8, 4) is 0 Å². The van der Waals surface area contributed by atoms with E-state index in [4.69, 9.17) is 18.0 Å². The Morgan fingerprint density at radius 3 is 2.92 bits per heavy atom. The fourth-order valence-electron chi connectivity index (χ4n) is 0.805. The third-order valence-corrected chi connectivity index (χ3v) is 1.96. The normalized spacial score (nSPS) is 12.8. The molecule has 4 N–H and O–H groups in total.